The van der Waals surface area contributed by atoms with E-state index < -0.39 is 5.97 Å². The number of aromatic nitrogens is 1. The molecular formula is C14H11NO5. The highest BCUT2D eigenvalue weighted by atomic mass is 16.7. The molecule has 2 heterocycles. The Balaban J connectivity index is 2.23. The van der Waals surface area contributed by atoms with Crippen LogP contribution in [0.2, 0.25) is 0 Å². The third kappa shape index (κ3) is 1.86. The molecule has 0 saturated heterocycles. The maximum atomic E-state index is 11.3. The molecule has 102 valence electrons. The number of aliphatic hydroxyl groups is 1. The molecule has 0 aliphatic carbocycles. The topological polar surface area (TPSA) is 88.9 Å². The van der Waals surface area contributed by atoms with Gasteiger partial charge >= 0.3 is 5.97 Å². The maximum Gasteiger partial charge on any atom is 0.337 e. The van der Waals surface area contributed by atoms with Crippen molar-refractivity contribution in [2.75, 3.05) is 6.79 Å². The maximum absolute atomic E-state index is 11.3. The van der Waals surface area contributed by atoms with Crippen molar-refractivity contribution in [2.45, 2.75) is 6.61 Å². The van der Waals surface area contributed by atoms with E-state index in [4.69, 9.17) is 9.47 Å². The standard InChI is InChI=1S/C14H11NO5/c16-6-10-8(3-4-11-13(10)20-7-19-11)12-9(14(17)18)2-1-5-15-12/h1-5,16H,6-7H2,(H,17,18). The third-order valence-electron chi connectivity index (χ3n) is 3.09. The summed E-state index contributed by atoms with van der Waals surface area (Å²) >= 11 is 0. The minimum absolute atomic E-state index is 0.0704. The van der Waals surface area contributed by atoms with Gasteiger partial charge in [-0.15, -0.1) is 0 Å². The van der Waals surface area contributed by atoms with Crippen molar-refractivity contribution in [3.63, 3.8) is 0 Å². The number of ether oxygens (including phenoxy) is 2. The number of hydrogen-bond donors (Lipinski definition) is 2. The molecule has 6 nitrogen and oxygen atoms in total. The molecule has 0 amide bonds. The van der Waals surface area contributed by atoms with E-state index in [1.165, 1.54) is 12.3 Å². The molecule has 0 atom stereocenters. The Hall–Kier alpha value is -2.60. The lowest BCUT2D eigenvalue weighted by molar-refractivity contribution is 0.0697. The summed E-state index contributed by atoms with van der Waals surface area (Å²) in [7, 11) is 0. The van der Waals surface area contributed by atoms with Gasteiger partial charge in [0.1, 0.15) is 0 Å². The Bertz CT molecular complexity index is 683. The first-order valence-corrected chi connectivity index (χ1v) is 5.93. The van der Waals surface area contributed by atoms with Crippen molar-refractivity contribution < 1.29 is 24.5 Å². The van der Waals surface area contributed by atoms with Gasteiger partial charge in [0, 0.05) is 17.3 Å². The molecule has 0 radical (unpaired) electrons. The largest absolute Gasteiger partial charge is 0.478 e. The third-order valence-corrected chi connectivity index (χ3v) is 3.09. The zero-order valence-corrected chi connectivity index (χ0v) is 10.4. The van der Waals surface area contributed by atoms with Gasteiger partial charge < -0.3 is 19.7 Å². The second kappa shape index (κ2) is 4.82. The Morgan fingerprint density at radius 3 is 2.90 bits per heavy atom. The van der Waals surface area contributed by atoms with Crippen LogP contribution in [0.3, 0.4) is 0 Å². The van der Waals surface area contributed by atoms with Crippen LogP contribution in [0.5, 0.6) is 11.5 Å². The van der Waals surface area contributed by atoms with E-state index >= 15 is 0 Å². The monoisotopic (exact) mass is 273 g/mol. The highest BCUT2D eigenvalue weighted by Gasteiger charge is 2.23. The Labute approximate surface area is 114 Å². The van der Waals surface area contributed by atoms with E-state index in [0.29, 0.717) is 28.3 Å². The van der Waals surface area contributed by atoms with E-state index in [1.807, 2.05) is 0 Å². The number of rotatable bonds is 3. The fourth-order valence-corrected chi connectivity index (χ4v) is 2.20. The lowest BCUT2D eigenvalue weighted by Gasteiger charge is -2.11. The Morgan fingerprint density at radius 1 is 1.30 bits per heavy atom. The summed E-state index contributed by atoms with van der Waals surface area (Å²) in [4.78, 5) is 15.4. The number of carboxylic acids is 1. The number of hydrogen-bond acceptors (Lipinski definition) is 5. The summed E-state index contributed by atoms with van der Waals surface area (Å²) in [6.45, 7) is -0.211. The molecule has 0 spiro atoms. The molecule has 6 heteroatoms. The minimum atomic E-state index is -1.07. The number of pyridine rings is 1. The van der Waals surface area contributed by atoms with Gasteiger partial charge in [0.15, 0.2) is 11.5 Å². The molecule has 1 aromatic heterocycles. The normalized spacial score (nSPS) is 12.4. The lowest BCUT2D eigenvalue weighted by atomic mass is 9.99. The van der Waals surface area contributed by atoms with Crippen LogP contribution in [0.4, 0.5) is 0 Å². The predicted molar refractivity (Wildman–Crippen MR) is 68.7 cm³/mol. The molecule has 3 rings (SSSR count). The van der Waals surface area contributed by atoms with Gasteiger partial charge in [-0.3, -0.25) is 4.98 Å². The molecular weight excluding hydrogens is 262 g/mol. The van der Waals surface area contributed by atoms with Crippen molar-refractivity contribution in [3.8, 4) is 22.8 Å². The number of benzene rings is 1. The number of aliphatic hydroxyl groups excluding tert-OH is 1. The molecule has 0 unspecified atom stereocenters. The van der Waals surface area contributed by atoms with Crippen LogP contribution in [0.15, 0.2) is 30.5 Å². The van der Waals surface area contributed by atoms with Crippen molar-refractivity contribution in [1.29, 1.82) is 0 Å². The van der Waals surface area contributed by atoms with Gasteiger partial charge in [-0.2, -0.15) is 0 Å². The van der Waals surface area contributed by atoms with Crippen LogP contribution in [-0.2, 0) is 6.61 Å². The number of carboxylic acid groups (broad SMARTS) is 1. The first-order chi connectivity index (χ1) is 9.72. The van der Waals surface area contributed by atoms with Crippen molar-refractivity contribution in [2.24, 2.45) is 0 Å². The van der Waals surface area contributed by atoms with E-state index in [2.05, 4.69) is 4.98 Å². The molecule has 1 aliphatic rings. The van der Waals surface area contributed by atoms with Gasteiger partial charge in [-0.05, 0) is 24.3 Å². The molecule has 2 N–H and O–H groups in total. The lowest BCUT2D eigenvalue weighted by Crippen LogP contribution is -2.03. The highest BCUT2D eigenvalue weighted by molar-refractivity contribution is 5.95. The van der Waals surface area contributed by atoms with E-state index in [1.54, 1.807) is 18.2 Å². The SMILES string of the molecule is O=C(O)c1cccnc1-c1ccc2c(c1CO)OCO2. The molecule has 2 aromatic rings. The fraction of sp³-hybridized carbons (Fsp3) is 0.143. The second-order valence-electron chi connectivity index (χ2n) is 4.19. The Morgan fingerprint density at radius 2 is 2.15 bits per heavy atom. The van der Waals surface area contributed by atoms with Gasteiger partial charge in [0.2, 0.25) is 6.79 Å². The quantitative estimate of drug-likeness (QED) is 0.884. The number of aromatic carboxylic acids is 1. The van der Waals surface area contributed by atoms with Gasteiger partial charge in [-0.25, -0.2) is 4.79 Å². The summed E-state index contributed by atoms with van der Waals surface area (Å²) in [5.41, 5.74) is 1.36. The van der Waals surface area contributed by atoms with E-state index in [-0.39, 0.29) is 19.0 Å². The predicted octanol–water partition coefficient (Wildman–Crippen LogP) is 1.67. The highest BCUT2D eigenvalue weighted by Crippen LogP contribution is 2.41. The zero-order chi connectivity index (χ0) is 14.1. The summed E-state index contributed by atoms with van der Waals surface area (Å²) < 4.78 is 10.6. The molecule has 20 heavy (non-hydrogen) atoms. The van der Waals surface area contributed by atoms with Crippen molar-refractivity contribution in [1.82, 2.24) is 4.98 Å². The first-order valence-electron chi connectivity index (χ1n) is 5.93. The molecule has 1 aliphatic heterocycles. The van der Waals surface area contributed by atoms with Crippen molar-refractivity contribution in [3.05, 3.63) is 41.6 Å². The smallest absolute Gasteiger partial charge is 0.337 e. The summed E-state index contributed by atoms with van der Waals surface area (Å²) in [6.07, 6.45) is 1.51. The fourth-order valence-electron chi connectivity index (χ4n) is 2.20. The summed E-state index contributed by atoms with van der Waals surface area (Å²) in [5, 5.41) is 18.8. The average Bonchev–Trinajstić information content (AvgIpc) is 2.94. The number of fused-ring (bicyclic) bond motifs is 1. The van der Waals surface area contributed by atoms with Crippen LogP contribution in [0.1, 0.15) is 15.9 Å². The van der Waals surface area contributed by atoms with Gasteiger partial charge in [0.05, 0.1) is 17.9 Å². The van der Waals surface area contributed by atoms with Crippen molar-refractivity contribution >= 4 is 5.97 Å². The summed E-state index contributed by atoms with van der Waals surface area (Å²) in [6, 6.07) is 6.37. The van der Waals surface area contributed by atoms with Gasteiger partial charge in [-0.1, -0.05) is 0 Å². The molecule has 0 saturated carbocycles. The Kier molecular flexibility index (Phi) is 3.00. The first kappa shape index (κ1) is 12.4. The van der Waals surface area contributed by atoms with Crippen LogP contribution in [0.25, 0.3) is 11.3 Å². The van der Waals surface area contributed by atoms with Crippen LogP contribution < -0.4 is 9.47 Å². The summed E-state index contributed by atoms with van der Waals surface area (Å²) in [5.74, 6) is -0.104. The zero-order valence-electron chi connectivity index (χ0n) is 10.4. The average molecular weight is 273 g/mol. The van der Waals surface area contributed by atoms with E-state index in [9.17, 15) is 15.0 Å². The van der Waals surface area contributed by atoms with Gasteiger partial charge in [0.25, 0.3) is 0 Å². The van der Waals surface area contributed by atoms with Crippen LogP contribution in [-0.4, -0.2) is 28.0 Å². The van der Waals surface area contributed by atoms with Crippen LogP contribution in [0, 0.1) is 0 Å². The minimum Gasteiger partial charge on any atom is -0.478 e. The second-order valence-corrected chi connectivity index (χ2v) is 4.19. The molecule has 1 aromatic carbocycles. The molecule has 0 fully saturated rings. The van der Waals surface area contributed by atoms with E-state index in [0.717, 1.165) is 0 Å². The number of carbonyl (C=O) groups is 1. The number of nitrogens with zero attached hydrogens (tertiary/aromatic N) is 1. The van der Waals surface area contributed by atoms with Crippen LogP contribution >= 0.6 is 0 Å². The molecule has 0 bridgehead atoms.